The summed E-state index contributed by atoms with van der Waals surface area (Å²) in [6.45, 7) is 0. The van der Waals surface area contributed by atoms with Crippen LogP contribution in [0.1, 0.15) is 5.56 Å². The molecule has 0 spiro atoms. The maximum atomic E-state index is 5.68. The molecule has 0 heterocycles. The van der Waals surface area contributed by atoms with Crippen molar-refractivity contribution in [2.45, 2.75) is 0 Å². The fourth-order valence-corrected chi connectivity index (χ4v) is 1.08. The highest BCUT2D eigenvalue weighted by Gasteiger charge is 1.85. The lowest BCUT2D eigenvalue weighted by molar-refractivity contribution is 1.66. The number of hydrogen-bond donors (Lipinski definition) is 0. The molecule has 0 saturated heterocycles. The van der Waals surface area contributed by atoms with Crippen LogP contribution in [0.15, 0.2) is 29.3 Å². The molecule has 0 saturated carbocycles. The fraction of sp³-hybridized carbons (Fsp3) is 0. The molecule has 0 aromatic heterocycles. The van der Waals surface area contributed by atoms with Crippen LogP contribution in [0.5, 0.6) is 0 Å². The summed E-state index contributed by atoms with van der Waals surface area (Å²) in [6, 6.07) is 7.65. The van der Waals surface area contributed by atoms with Crippen LogP contribution in [-0.4, -0.2) is 0 Å². The summed E-state index contributed by atoms with van der Waals surface area (Å²) in [6.07, 6.45) is 1.95. The molecule has 0 aliphatic heterocycles. The summed E-state index contributed by atoms with van der Waals surface area (Å²) in [4.78, 5) is 1.82. The second kappa shape index (κ2) is 3.79. The number of hydrogen-bond acceptors (Lipinski definition) is 0. The molecule has 0 nitrogen and oxygen atoms in total. The molecular formula is C8H6BrCl. The lowest BCUT2D eigenvalue weighted by Crippen LogP contribution is -1.67. The minimum absolute atomic E-state index is 0.770. The average molecular weight is 217 g/mol. The Kier molecular flexibility index (Phi) is 2.97. The van der Waals surface area contributed by atoms with Crippen LogP contribution in [0.4, 0.5) is 0 Å². The van der Waals surface area contributed by atoms with E-state index >= 15 is 0 Å². The molecule has 0 bridgehead atoms. The molecule has 0 fully saturated rings. The van der Waals surface area contributed by atoms with Crippen molar-refractivity contribution >= 4 is 33.6 Å². The third-order valence-corrected chi connectivity index (χ3v) is 1.64. The van der Waals surface area contributed by atoms with E-state index in [4.69, 9.17) is 11.6 Å². The molecule has 1 aromatic rings. The second-order valence-corrected chi connectivity index (χ2v) is 2.81. The molecule has 0 aliphatic rings. The van der Waals surface area contributed by atoms with Gasteiger partial charge in [0.1, 0.15) is 0 Å². The van der Waals surface area contributed by atoms with Crippen molar-refractivity contribution in [3.8, 4) is 0 Å². The molecule has 1 aromatic carbocycles. The summed E-state index contributed by atoms with van der Waals surface area (Å²) in [5, 5.41) is 0.770. The lowest BCUT2D eigenvalue weighted by atomic mass is 10.2. The zero-order chi connectivity index (χ0) is 7.40. The molecular weight excluding hydrogens is 211 g/mol. The second-order valence-electron chi connectivity index (χ2n) is 1.84. The Morgan fingerprint density at radius 2 is 1.80 bits per heavy atom. The molecule has 52 valence electrons. The van der Waals surface area contributed by atoms with Gasteiger partial charge < -0.3 is 0 Å². The van der Waals surface area contributed by atoms with E-state index in [0.29, 0.717) is 0 Å². The van der Waals surface area contributed by atoms with Crippen molar-refractivity contribution in [3.05, 3.63) is 39.8 Å². The van der Waals surface area contributed by atoms with Gasteiger partial charge >= 0.3 is 0 Å². The standard InChI is InChI=1S/C8H6BrCl/c9-6-5-7-1-3-8(10)4-2-7/h1-6H/b6-5+. The van der Waals surface area contributed by atoms with Crippen LogP contribution in [0.2, 0.25) is 5.02 Å². The van der Waals surface area contributed by atoms with Crippen molar-refractivity contribution in [2.75, 3.05) is 0 Å². The van der Waals surface area contributed by atoms with Gasteiger partial charge in [0, 0.05) is 5.02 Å². The fourth-order valence-electron chi connectivity index (χ4n) is 0.647. The highest BCUT2D eigenvalue weighted by Crippen LogP contribution is 2.10. The zero-order valence-corrected chi connectivity index (χ0v) is 7.56. The van der Waals surface area contributed by atoms with E-state index in [1.807, 2.05) is 35.3 Å². The van der Waals surface area contributed by atoms with Gasteiger partial charge in [0.2, 0.25) is 0 Å². The van der Waals surface area contributed by atoms with Gasteiger partial charge in [-0.25, -0.2) is 0 Å². The summed E-state index contributed by atoms with van der Waals surface area (Å²) in [5.41, 5.74) is 1.14. The Bertz CT molecular complexity index is 226. The first-order valence-electron chi connectivity index (χ1n) is 2.85. The van der Waals surface area contributed by atoms with Gasteiger partial charge in [0.15, 0.2) is 0 Å². The number of benzene rings is 1. The Balaban J connectivity index is 2.89. The van der Waals surface area contributed by atoms with Crippen LogP contribution in [-0.2, 0) is 0 Å². The zero-order valence-electron chi connectivity index (χ0n) is 5.22. The Morgan fingerprint density at radius 1 is 1.20 bits per heavy atom. The first-order valence-corrected chi connectivity index (χ1v) is 4.14. The SMILES string of the molecule is Clc1ccc(/C=C/Br)cc1. The Morgan fingerprint density at radius 3 is 2.30 bits per heavy atom. The van der Waals surface area contributed by atoms with Gasteiger partial charge in [-0.2, -0.15) is 0 Å². The van der Waals surface area contributed by atoms with Gasteiger partial charge in [-0.05, 0) is 28.8 Å². The molecule has 0 N–H and O–H groups in total. The number of rotatable bonds is 1. The Hall–Kier alpha value is -0.270. The highest BCUT2D eigenvalue weighted by molar-refractivity contribution is 9.11. The van der Waals surface area contributed by atoms with Crippen molar-refractivity contribution in [3.63, 3.8) is 0 Å². The van der Waals surface area contributed by atoms with E-state index in [1.165, 1.54) is 0 Å². The van der Waals surface area contributed by atoms with Crippen LogP contribution in [0.25, 0.3) is 6.08 Å². The Labute approximate surface area is 73.6 Å². The smallest absolute Gasteiger partial charge is 0.0406 e. The van der Waals surface area contributed by atoms with E-state index in [2.05, 4.69) is 15.9 Å². The molecule has 0 unspecified atom stereocenters. The molecule has 1 rings (SSSR count). The van der Waals surface area contributed by atoms with E-state index in [0.717, 1.165) is 10.6 Å². The third kappa shape index (κ3) is 2.16. The minimum Gasteiger partial charge on any atom is -0.0843 e. The number of halogens is 2. The van der Waals surface area contributed by atoms with E-state index in [1.54, 1.807) is 0 Å². The van der Waals surface area contributed by atoms with Crippen molar-refractivity contribution in [1.82, 2.24) is 0 Å². The maximum absolute atomic E-state index is 5.68. The van der Waals surface area contributed by atoms with E-state index < -0.39 is 0 Å². The van der Waals surface area contributed by atoms with Crippen LogP contribution < -0.4 is 0 Å². The maximum Gasteiger partial charge on any atom is 0.0406 e. The summed E-state index contributed by atoms with van der Waals surface area (Å²) in [5.74, 6) is 0. The van der Waals surface area contributed by atoms with Crippen LogP contribution in [0.3, 0.4) is 0 Å². The first kappa shape index (κ1) is 7.83. The largest absolute Gasteiger partial charge is 0.0843 e. The predicted octanol–water partition coefficient (Wildman–Crippen LogP) is 3.71. The van der Waals surface area contributed by atoms with Crippen molar-refractivity contribution in [1.29, 1.82) is 0 Å². The van der Waals surface area contributed by atoms with E-state index in [-0.39, 0.29) is 0 Å². The highest BCUT2D eigenvalue weighted by atomic mass is 79.9. The van der Waals surface area contributed by atoms with Gasteiger partial charge in [-0.1, -0.05) is 39.7 Å². The quantitative estimate of drug-likeness (QED) is 0.673. The summed E-state index contributed by atoms with van der Waals surface area (Å²) < 4.78 is 0. The van der Waals surface area contributed by atoms with Gasteiger partial charge in [0.05, 0.1) is 0 Å². The molecule has 0 atom stereocenters. The van der Waals surface area contributed by atoms with Crippen molar-refractivity contribution in [2.24, 2.45) is 0 Å². The molecule has 10 heavy (non-hydrogen) atoms. The molecule has 2 heteroatoms. The van der Waals surface area contributed by atoms with Gasteiger partial charge in [-0.15, -0.1) is 0 Å². The lowest BCUT2D eigenvalue weighted by Gasteiger charge is -1.90. The molecule has 0 radical (unpaired) electrons. The van der Waals surface area contributed by atoms with Gasteiger partial charge in [0.25, 0.3) is 0 Å². The monoisotopic (exact) mass is 216 g/mol. The van der Waals surface area contributed by atoms with Crippen molar-refractivity contribution < 1.29 is 0 Å². The van der Waals surface area contributed by atoms with Gasteiger partial charge in [-0.3, -0.25) is 0 Å². The minimum atomic E-state index is 0.770. The molecule has 0 aliphatic carbocycles. The average Bonchev–Trinajstić information content (AvgIpc) is 1.95. The van der Waals surface area contributed by atoms with Crippen LogP contribution in [0, 0.1) is 0 Å². The molecule has 0 amide bonds. The summed E-state index contributed by atoms with van der Waals surface area (Å²) >= 11 is 8.87. The van der Waals surface area contributed by atoms with E-state index in [9.17, 15) is 0 Å². The normalized spacial score (nSPS) is 10.6. The predicted molar refractivity (Wildman–Crippen MR) is 49.4 cm³/mol. The first-order chi connectivity index (χ1) is 4.83. The third-order valence-electron chi connectivity index (χ3n) is 1.13. The topological polar surface area (TPSA) is 0 Å². The van der Waals surface area contributed by atoms with Crippen LogP contribution >= 0.6 is 27.5 Å². The summed E-state index contributed by atoms with van der Waals surface area (Å²) in [7, 11) is 0.